The van der Waals surface area contributed by atoms with Crippen molar-refractivity contribution in [1.29, 1.82) is 0 Å². The lowest BCUT2D eigenvalue weighted by Crippen LogP contribution is -2.30. The van der Waals surface area contributed by atoms with E-state index in [1.165, 1.54) is 16.7 Å². The molecule has 64 valence electrons. The van der Waals surface area contributed by atoms with Crippen molar-refractivity contribution in [3.63, 3.8) is 0 Å². The van der Waals surface area contributed by atoms with E-state index < -0.39 is 4.92 Å². The Morgan fingerprint density at radius 1 is 1.42 bits per heavy atom. The van der Waals surface area contributed by atoms with Crippen molar-refractivity contribution >= 4 is 28.9 Å². The molecule has 0 amide bonds. The third-order valence-electron chi connectivity index (χ3n) is 1.39. The summed E-state index contributed by atoms with van der Waals surface area (Å²) in [6, 6.07) is 2.49. The van der Waals surface area contributed by atoms with Crippen molar-refractivity contribution in [2.24, 2.45) is 7.05 Å². The number of nitrogens with zero attached hydrogens (tertiary/aromatic N) is 2. The highest BCUT2D eigenvalue weighted by Crippen LogP contribution is 2.18. The van der Waals surface area contributed by atoms with E-state index >= 15 is 0 Å². The third kappa shape index (κ3) is 1.65. The van der Waals surface area contributed by atoms with Crippen LogP contribution in [0.2, 0.25) is 10.3 Å². The fourth-order valence-corrected chi connectivity index (χ4v) is 1.14. The van der Waals surface area contributed by atoms with E-state index in [9.17, 15) is 10.1 Å². The van der Waals surface area contributed by atoms with Gasteiger partial charge in [-0.2, -0.15) is 4.57 Å². The zero-order valence-corrected chi connectivity index (χ0v) is 7.63. The van der Waals surface area contributed by atoms with Gasteiger partial charge in [0.25, 0.3) is 16.0 Å². The lowest BCUT2D eigenvalue weighted by Gasteiger charge is -1.93. The molecule has 0 fully saturated rings. The van der Waals surface area contributed by atoms with Gasteiger partial charge in [-0.25, -0.2) is 0 Å². The quantitative estimate of drug-likeness (QED) is 0.305. The molecule has 12 heavy (non-hydrogen) atoms. The summed E-state index contributed by atoms with van der Waals surface area (Å²) >= 11 is 11.3. The van der Waals surface area contributed by atoms with Gasteiger partial charge in [-0.3, -0.25) is 10.1 Å². The molecule has 0 bridgehead atoms. The Morgan fingerprint density at radius 2 is 1.83 bits per heavy atom. The van der Waals surface area contributed by atoms with E-state index in [0.717, 1.165) is 0 Å². The minimum Gasteiger partial charge on any atom is -0.258 e. The fourth-order valence-electron chi connectivity index (χ4n) is 0.687. The van der Waals surface area contributed by atoms with Crippen LogP contribution < -0.4 is 4.57 Å². The first-order valence-corrected chi connectivity index (χ1v) is 3.77. The Balaban J connectivity index is 3.31. The van der Waals surface area contributed by atoms with Crippen LogP contribution in [0.3, 0.4) is 0 Å². The topological polar surface area (TPSA) is 47.0 Å². The minimum atomic E-state index is -0.544. The molecule has 0 aliphatic carbocycles. The second-order valence-corrected chi connectivity index (χ2v) is 2.95. The average Bonchev–Trinajstić information content (AvgIpc) is 1.99. The first-order chi connectivity index (χ1) is 5.52. The highest BCUT2D eigenvalue weighted by molar-refractivity contribution is 6.30. The number of hydrogen-bond donors (Lipinski definition) is 0. The first-order valence-electron chi connectivity index (χ1n) is 3.02. The summed E-state index contributed by atoms with van der Waals surface area (Å²) in [5, 5.41) is 10.8. The van der Waals surface area contributed by atoms with Gasteiger partial charge in [0.2, 0.25) is 0 Å². The zero-order chi connectivity index (χ0) is 9.30. The largest absolute Gasteiger partial charge is 0.284 e. The zero-order valence-electron chi connectivity index (χ0n) is 6.12. The Bertz CT molecular complexity index is 317. The number of rotatable bonds is 1. The maximum absolute atomic E-state index is 10.3. The molecule has 0 radical (unpaired) electrons. The highest BCUT2D eigenvalue weighted by atomic mass is 35.5. The Hall–Kier alpha value is -0.870. The van der Waals surface area contributed by atoms with E-state index in [1.54, 1.807) is 7.05 Å². The van der Waals surface area contributed by atoms with Crippen LogP contribution in [0.4, 0.5) is 5.69 Å². The highest BCUT2D eigenvalue weighted by Gasteiger charge is 2.17. The molecule has 0 aromatic carbocycles. The Morgan fingerprint density at radius 3 is 2.17 bits per heavy atom. The summed E-state index contributed by atoms with van der Waals surface area (Å²) in [4.78, 5) is 9.75. The molecule has 0 saturated heterocycles. The van der Waals surface area contributed by atoms with Crippen LogP contribution in [0.15, 0.2) is 12.1 Å². The van der Waals surface area contributed by atoms with Gasteiger partial charge < -0.3 is 0 Å². The van der Waals surface area contributed by atoms with Gasteiger partial charge in [0, 0.05) is 0 Å². The van der Waals surface area contributed by atoms with E-state index in [-0.39, 0.29) is 16.0 Å². The molecule has 6 heteroatoms. The second kappa shape index (κ2) is 3.25. The molecule has 1 rings (SSSR count). The summed E-state index contributed by atoms with van der Waals surface area (Å²) in [5.74, 6) is 0. The van der Waals surface area contributed by atoms with Crippen molar-refractivity contribution in [3.8, 4) is 0 Å². The predicted octanol–water partition coefficient (Wildman–Crippen LogP) is 1.73. The number of aromatic nitrogens is 1. The summed E-state index contributed by atoms with van der Waals surface area (Å²) in [7, 11) is 1.62. The maximum Gasteiger partial charge on any atom is 0.284 e. The van der Waals surface area contributed by atoms with E-state index in [4.69, 9.17) is 23.2 Å². The Labute approximate surface area is 78.5 Å². The number of halogens is 2. The Kier molecular flexibility index (Phi) is 2.49. The molecular weight excluding hydrogens is 203 g/mol. The molecule has 0 N–H and O–H groups in total. The number of pyridine rings is 1. The van der Waals surface area contributed by atoms with Crippen LogP contribution in [0, 0.1) is 10.1 Å². The molecular formula is C6H5Cl2N2O2+. The van der Waals surface area contributed by atoms with Crippen molar-refractivity contribution in [1.82, 2.24) is 0 Å². The van der Waals surface area contributed by atoms with Gasteiger partial charge in [-0.05, 0) is 23.2 Å². The molecule has 0 aliphatic rings. The molecule has 0 saturated carbocycles. The van der Waals surface area contributed by atoms with Gasteiger partial charge in [-0.1, -0.05) is 0 Å². The summed E-state index contributed by atoms with van der Waals surface area (Å²) in [6.45, 7) is 0. The van der Waals surface area contributed by atoms with Gasteiger partial charge in [0.05, 0.1) is 4.92 Å². The summed E-state index contributed by atoms with van der Waals surface area (Å²) in [5.41, 5.74) is -0.108. The van der Waals surface area contributed by atoms with Crippen LogP contribution in [0.1, 0.15) is 0 Å². The van der Waals surface area contributed by atoms with E-state index in [2.05, 4.69) is 0 Å². The SMILES string of the molecule is C[n+]1c(Cl)cc([N+](=O)[O-])cc1Cl. The standard InChI is InChI=1S/C6H5Cl2N2O2/c1-9-5(7)2-4(10(11)12)3-6(9)8/h2-3H,1H3/q+1. The lowest BCUT2D eigenvalue weighted by atomic mass is 10.4. The molecule has 0 aliphatic heterocycles. The van der Waals surface area contributed by atoms with Crippen LogP contribution in [-0.4, -0.2) is 4.92 Å². The van der Waals surface area contributed by atoms with Gasteiger partial charge in [-0.15, -0.1) is 0 Å². The predicted molar refractivity (Wildman–Crippen MR) is 44.3 cm³/mol. The van der Waals surface area contributed by atoms with Gasteiger partial charge in [0.1, 0.15) is 19.2 Å². The summed E-state index contributed by atoms with van der Waals surface area (Å²) in [6.07, 6.45) is 0. The smallest absolute Gasteiger partial charge is 0.258 e. The molecule has 0 spiro atoms. The molecule has 0 unspecified atom stereocenters. The van der Waals surface area contributed by atoms with Crippen molar-refractivity contribution in [2.75, 3.05) is 0 Å². The van der Waals surface area contributed by atoms with Crippen LogP contribution in [-0.2, 0) is 7.05 Å². The third-order valence-corrected chi connectivity index (χ3v) is 2.11. The summed E-state index contributed by atoms with van der Waals surface area (Å²) < 4.78 is 1.44. The average molecular weight is 208 g/mol. The lowest BCUT2D eigenvalue weighted by molar-refractivity contribution is -0.667. The number of hydrogen-bond acceptors (Lipinski definition) is 2. The van der Waals surface area contributed by atoms with Gasteiger partial charge in [0.15, 0.2) is 0 Å². The monoisotopic (exact) mass is 207 g/mol. The molecule has 1 heterocycles. The van der Waals surface area contributed by atoms with Crippen molar-refractivity contribution in [2.45, 2.75) is 0 Å². The normalized spacial score (nSPS) is 9.92. The molecule has 1 aromatic rings. The van der Waals surface area contributed by atoms with Crippen LogP contribution in [0.5, 0.6) is 0 Å². The van der Waals surface area contributed by atoms with Crippen molar-refractivity contribution < 1.29 is 9.49 Å². The minimum absolute atomic E-state index is 0.108. The molecule has 0 atom stereocenters. The van der Waals surface area contributed by atoms with E-state index in [1.807, 2.05) is 0 Å². The molecule has 1 aromatic heterocycles. The first kappa shape index (κ1) is 9.22. The number of nitro groups is 1. The second-order valence-electron chi connectivity index (χ2n) is 2.18. The fraction of sp³-hybridized carbons (Fsp3) is 0.167. The van der Waals surface area contributed by atoms with Crippen molar-refractivity contribution in [3.05, 3.63) is 32.6 Å². The molecule has 4 nitrogen and oxygen atoms in total. The van der Waals surface area contributed by atoms with E-state index in [0.29, 0.717) is 0 Å². The van der Waals surface area contributed by atoms with Crippen LogP contribution in [0.25, 0.3) is 0 Å². The van der Waals surface area contributed by atoms with Gasteiger partial charge >= 0.3 is 0 Å². The van der Waals surface area contributed by atoms with Crippen LogP contribution >= 0.6 is 23.2 Å². The maximum atomic E-state index is 10.3.